The number of carbonyl (C=O) groups excluding carboxylic acids is 2. The molecule has 2 nitrogen and oxygen atoms in total. The maximum atomic E-state index is 13.2. The molecule has 0 N–H and O–H groups in total. The molecule has 0 aromatic carbocycles. The largest absolute Gasteiger partial charge is 0.299 e. The highest BCUT2D eigenvalue weighted by Crippen LogP contribution is 2.57. The zero-order chi connectivity index (χ0) is 18.2. The van der Waals surface area contributed by atoms with Gasteiger partial charge in [-0.15, -0.1) is 0 Å². The van der Waals surface area contributed by atoms with Crippen LogP contribution in [0, 0.1) is 34.5 Å². The van der Waals surface area contributed by atoms with Crippen LogP contribution in [0.15, 0.2) is 0 Å². The van der Waals surface area contributed by atoms with Crippen LogP contribution in [0.2, 0.25) is 0 Å². The first kappa shape index (κ1) is 19.1. The lowest BCUT2D eigenvalue weighted by molar-refractivity contribution is -0.145. The van der Waals surface area contributed by atoms with E-state index in [1.165, 1.54) is 25.7 Å². The molecule has 0 amide bonds. The van der Waals surface area contributed by atoms with Crippen molar-refractivity contribution < 1.29 is 9.59 Å². The SMILES string of the molecule is CC(C)CC12CC(CCCCC3CC(C(=O)C(C)C)(CCC1=O)C3)C2. The Kier molecular flexibility index (Phi) is 5.47. The van der Waals surface area contributed by atoms with Gasteiger partial charge in [-0.25, -0.2) is 0 Å². The van der Waals surface area contributed by atoms with Gasteiger partial charge in [0, 0.05) is 23.2 Å². The number of carbonyl (C=O) groups is 2. The number of rotatable bonds is 4. The van der Waals surface area contributed by atoms with Crippen LogP contribution in [0.5, 0.6) is 0 Å². The third-order valence-electron chi connectivity index (χ3n) is 7.46. The summed E-state index contributed by atoms with van der Waals surface area (Å²) < 4.78 is 0. The molecule has 0 aromatic rings. The van der Waals surface area contributed by atoms with Gasteiger partial charge in [0.2, 0.25) is 0 Å². The molecule has 6 fully saturated rings. The second kappa shape index (κ2) is 7.16. The van der Waals surface area contributed by atoms with Crippen LogP contribution in [-0.2, 0) is 9.59 Å². The van der Waals surface area contributed by atoms with Crippen molar-refractivity contribution in [2.75, 3.05) is 0 Å². The van der Waals surface area contributed by atoms with E-state index in [1.54, 1.807) is 0 Å². The molecule has 6 saturated carbocycles. The lowest BCUT2D eigenvalue weighted by Gasteiger charge is -2.50. The van der Waals surface area contributed by atoms with Crippen molar-refractivity contribution in [2.45, 2.75) is 98.3 Å². The standard InChI is InChI=1S/C23H38O2/c1-16(2)11-23-14-19(15-23)8-6-5-7-18-12-22(13-18,10-9-20(23)24)21(25)17(3)4/h16-19H,5-15H2,1-4H3. The van der Waals surface area contributed by atoms with Crippen molar-refractivity contribution in [3.8, 4) is 0 Å². The van der Waals surface area contributed by atoms with Gasteiger partial charge in [0.05, 0.1) is 0 Å². The molecule has 0 spiro atoms. The molecule has 0 atom stereocenters. The molecule has 0 heterocycles. The van der Waals surface area contributed by atoms with Crippen LogP contribution in [0.1, 0.15) is 98.3 Å². The van der Waals surface area contributed by atoms with Gasteiger partial charge in [-0.3, -0.25) is 9.59 Å². The molecule has 0 saturated heterocycles. The smallest absolute Gasteiger partial charge is 0.141 e. The van der Waals surface area contributed by atoms with Crippen molar-refractivity contribution >= 4 is 11.6 Å². The van der Waals surface area contributed by atoms with Crippen LogP contribution in [0.4, 0.5) is 0 Å². The lowest BCUT2D eigenvalue weighted by Crippen LogP contribution is -2.48. The van der Waals surface area contributed by atoms with Gasteiger partial charge in [-0.2, -0.15) is 0 Å². The molecule has 4 bridgehead atoms. The summed E-state index contributed by atoms with van der Waals surface area (Å²) in [6.07, 6.45) is 12.1. The minimum Gasteiger partial charge on any atom is -0.299 e. The van der Waals surface area contributed by atoms with E-state index in [4.69, 9.17) is 0 Å². The zero-order valence-corrected chi connectivity index (χ0v) is 16.9. The van der Waals surface area contributed by atoms with Gasteiger partial charge in [0.1, 0.15) is 11.6 Å². The van der Waals surface area contributed by atoms with Crippen LogP contribution in [0.3, 0.4) is 0 Å². The molecule has 0 unspecified atom stereocenters. The summed E-state index contributed by atoms with van der Waals surface area (Å²) in [4.78, 5) is 26.1. The van der Waals surface area contributed by atoms with Gasteiger partial charge in [0.25, 0.3) is 0 Å². The van der Waals surface area contributed by atoms with Crippen molar-refractivity contribution in [2.24, 2.45) is 34.5 Å². The number of Topliss-reactive ketones (excluding diaryl/α,β-unsaturated/α-hetero) is 2. The molecule has 6 aliphatic rings. The van der Waals surface area contributed by atoms with Crippen LogP contribution in [-0.4, -0.2) is 11.6 Å². The fraction of sp³-hybridized carbons (Fsp3) is 0.913. The topological polar surface area (TPSA) is 34.1 Å². The summed E-state index contributed by atoms with van der Waals surface area (Å²) in [5, 5.41) is 0. The molecule has 142 valence electrons. The highest BCUT2D eigenvalue weighted by Gasteiger charge is 2.53. The van der Waals surface area contributed by atoms with Gasteiger partial charge in [-0.05, 0) is 56.3 Å². The Balaban J connectivity index is 1.75. The van der Waals surface area contributed by atoms with Crippen molar-refractivity contribution in [1.82, 2.24) is 0 Å². The molecule has 2 heteroatoms. The van der Waals surface area contributed by atoms with Crippen LogP contribution in [0.25, 0.3) is 0 Å². The average Bonchev–Trinajstić information content (AvgIpc) is 2.49. The molecule has 0 aromatic heterocycles. The Morgan fingerprint density at radius 2 is 1.56 bits per heavy atom. The van der Waals surface area contributed by atoms with Crippen molar-refractivity contribution in [3.05, 3.63) is 0 Å². The summed E-state index contributed by atoms with van der Waals surface area (Å²) in [6, 6.07) is 0. The Morgan fingerprint density at radius 3 is 2.08 bits per heavy atom. The third kappa shape index (κ3) is 3.74. The van der Waals surface area contributed by atoms with Crippen LogP contribution < -0.4 is 0 Å². The summed E-state index contributed by atoms with van der Waals surface area (Å²) in [5.41, 5.74) is -0.206. The third-order valence-corrected chi connectivity index (χ3v) is 7.46. The van der Waals surface area contributed by atoms with Crippen molar-refractivity contribution in [1.29, 1.82) is 0 Å². The quantitative estimate of drug-likeness (QED) is 0.628. The monoisotopic (exact) mass is 346 g/mol. The second-order valence-corrected chi connectivity index (χ2v) is 10.4. The Labute approximate surface area is 154 Å². The van der Waals surface area contributed by atoms with E-state index in [2.05, 4.69) is 13.8 Å². The molecule has 6 aliphatic carbocycles. The fourth-order valence-electron chi connectivity index (χ4n) is 6.41. The van der Waals surface area contributed by atoms with E-state index in [0.717, 1.165) is 50.4 Å². The Morgan fingerprint density at radius 1 is 1.00 bits per heavy atom. The van der Waals surface area contributed by atoms with Crippen LogP contribution >= 0.6 is 0 Å². The van der Waals surface area contributed by atoms with E-state index in [0.29, 0.717) is 23.9 Å². The number of ketones is 2. The van der Waals surface area contributed by atoms with Gasteiger partial charge in [-0.1, -0.05) is 53.4 Å². The highest BCUT2D eigenvalue weighted by molar-refractivity contribution is 5.90. The zero-order valence-electron chi connectivity index (χ0n) is 16.9. The normalized spacial score (nSPS) is 39.0. The Hall–Kier alpha value is -0.660. The molecular weight excluding hydrogens is 308 g/mol. The van der Waals surface area contributed by atoms with E-state index in [1.807, 2.05) is 13.8 Å². The molecule has 0 radical (unpaired) electrons. The molecular formula is C23H38O2. The van der Waals surface area contributed by atoms with Crippen molar-refractivity contribution in [3.63, 3.8) is 0 Å². The van der Waals surface area contributed by atoms with E-state index < -0.39 is 0 Å². The first-order valence-corrected chi connectivity index (χ1v) is 10.8. The lowest BCUT2D eigenvalue weighted by atomic mass is 9.53. The summed E-state index contributed by atoms with van der Waals surface area (Å²) >= 11 is 0. The predicted octanol–water partition coefficient (Wildman–Crippen LogP) is 5.97. The number of hydrogen-bond donors (Lipinski definition) is 0. The minimum absolute atomic E-state index is 0.0435. The maximum absolute atomic E-state index is 13.2. The van der Waals surface area contributed by atoms with E-state index in [-0.39, 0.29) is 16.7 Å². The molecule has 0 aliphatic heterocycles. The first-order chi connectivity index (χ1) is 11.8. The fourth-order valence-corrected chi connectivity index (χ4v) is 6.41. The van der Waals surface area contributed by atoms with Gasteiger partial charge in [0.15, 0.2) is 0 Å². The predicted molar refractivity (Wildman–Crippen MR) is 102 cm³/mol. The van der Waals surface area contributed by atoms with Gasteiger partial charge >= 0.3 is 0 Å². The average molecular weight is 347 g/mol. The van der Waals surface area contributed by atoms with Gasteiger partial charge < -0.3 is 0 Å². The summed E-state index contributed by atoms with van der Waals surface area (Å²) in [5.74, 6) is 3.11. The molecule has 25 heavy (non-hydrogen) atoms. The maximum Gasteiger partial charge on any atom is 0.141 e. The minimum atomic E-state index is -0.162. The number of hydrogen-bond acceptors (Lipinski definition) is 2. The van der Waals surface area contributed by atoms with E-state index >= 15 is 0 Å². The summed E-state index contributed by atoms with van der Waals surface area (Å²) in [6.45, 7) is 8.56. The first-order valence-electron chi connectivity index (χ1n) is 10.8. The van der Waals surface area contributed by atoms with E-state index in [9.17, 15) is 9.59 Å². The highest BCUT2D eigenvalue weighted by atomic mass is 16.1. The summed E-state index contributed by atoms with van der Waals surface area (Å²) in [7, 11) is 0. The molecule has 6 rings (SSSR count). The Bertz CT molecular complexity index is 504. The second-order valence-electron chi connectivity index (χ2n) is 10.4.